The van der Waals surface area contributed by atoms with Crippen molar-refractivity contribution in [2.75, 3.05) is 31.5 Å². The van der Waals surface area contributed by atoms with Crippen LogP contribution in [0.25, 0.3) is 22.4 Å². The number of aldehydes is 1. The predicted octanol–water partition coefficient (Wildman–Crippen LogP) is 3.53. The summed E-state index contributed by atoms with van der Waals surface area (Å²) in [6, 6.07) is 4.14. The minimum atomic E-state index is -0.514. The molecule has 0 radical (unpaired) electrons. The monoisotopic (exact) mass is 385 g/mol. The van der Waals surface area contributed by atoms with E-state index in [1.165, 1.54) is 25.0 Å². The number of hydrogen-bond donors (Lipinski definition) is 2. The zero-order valence-electron chi connectivity index (χ0n) is 15.6. The fraction of sp³-hybridized carbons (Fsp3) is 0.350. The first-order valence-electron chi connectivity index (χ1n) is 9.34. The number of carbonyl (C=O) groups excluding carboxylic acids is 1. The number of H-pyrrole nitrogens is 1. The summed E-state index contributed by atoms with van der Waals surface area (Å²) in [6.45, 7) is 5.04. The van der Waals surface area contributed by atoms with Gasteiger partial charge < -0.3 is 15.2 Å². The van der Waals surface area contributed by atoms with Crippen LogP contribution in [0.3, 0.4) is 0 Å². The number of hydrogen-bond acceptors (Lipinski definition) is 5. The molecule has 0 saturated carbocycles. The van der Waals surface area contributed by atoms with Crippen LogP contribution in [-0.4, -0.2) is 52.3 Å². The summed E-state index contributed by atoms with van der Waals surface area (Å²) in [6.07, 6.45) is 3.03. The fourth-order valence-electron chi connectivity index (χ4n) is 3.61. The van der Waals surface area contributed by atoms with E-state index < -0.39 is 11.6 Å². The molecule has 4 rings (SSSR count). The van der Waals surface area contributed by atoms with Gasteiger partial charge in [-0.25, -0.2) is 18.7 Å². The first kappa shape index (κ1) is 18.5. The molecule has 146 valence electrons. The van der Waals surface area contributed by atoms with E-state index in [1.54, 1.807) is 13.0 Å². The molecule has 0 unspecified atom stereocenters. The third kappa shape index (κ3) is 3.47. The first-order chi connectivity index (χ1) is 13.6. The van der Waals surface area contributed by atoms with Crippen LogP contribution < -0.4 is 5.32 Å². The number of likely N-dealkylation sites (tertiary alicyclic amines) is 1. The fourth-order valence-corrected chi connectivity index (χ4v) is 3.61. The number of carbonyl (C=O) groups is 1. The van der Waals surface area contributed by atoms with Gasteiger partial charge in [0.25, 0.3) is 0 Å². The number of nitrogens with zero attached hydrogens (tertiary/aromatic N) is 3. The number of anilines is 1. The number of aromatic nitrogens is 3. The van der Waals surface area contributed by atoms with Gasteiger partial charge in [-0.3, -0.25) is 4.79 Å². The maximum Gasteiger partial charge on any atom is 0.186 e. The van der Waals surface area contributed by atoms with E-state index in [-0.39, 0.29) is 22.9 Å². The summed E-state index contributed by atoms with van der Waals surface area (Å²) >= 11 is 0. The Bertz CT molecular complexity index is 1030. The van der Waals surface area contributed by atoms with Crippen molar-refractivity contribution in [3.63, 3.8) is 0 Å². The van der Waals surface area contributed by atoms with Crippen LogP contribution in [0.5, 0.6) is 0 Å². The lowest BCUT2D eigenvalue weighted by Gasteiger charge is -2.16. The molecule has 2 aromatic heterocycles. The zero-order chi connectivity index (χ0) is 19.7. The van der Waals surface area contributed by atoms with Crippen molar-refractivity contribution in [3.8, 4) is 11.5 Å². The van der Waals surface area contributed by atoms with Gasteiger partial charge in [0, 0.05) is 24.0 Å². The summed E-state index contributed by atoms with van der Waals surface area (Å²) in [5, 5.41) is 3.48. The van der Waals surface area contributed by atoms with Crippen LogP contribution in [0, 0.1) is 18.6 Å². The predicted molar refractivity (Wildman–Crippen MR) is 104 cm³/mol. The van der Waals surface area contributed by atoms with Gasteiger partial charge in [0.1, 0.15) is 5.82 Å². The molecule has 28 heavy (non-hydrogen) atoms. The largest absolute Gasteiger partial charge is 0.366 e. The molecule has 2 N–H and O–H groups in total. The number of fused-ring (bicyclic) bond motifs is 1. The summed E-state index contributed by atoms with van der Waals surface area (Å²) in [5.41, 5.74) is 1.37. The highest BCUT2D eigenvalue weighted by Gasteiger charge is 2.19. The third-order valence-electron chi connectivity index (χ3n) is 5.08. The van der Waals surface area contributed by atoms with Gasteiger partial charge in [-0.15, -0.1) is 0 Å². The Morgan fingerprint density at radius 1 is 1.25 bits per heavy atom. The average molecular weight is 385 g/mol. The lowest BCUT2D eigenvalue weighted by molar-refractivity contribution is 0.112. The molecule has 0 atom stereocenters. The number of rotatable bonds is 6. The van der Waals surface area contributed by atoms with Crippen LogP contribution in [0.15, 0.2) is 18.2 Å². The van der Waals surface area contributed by atoms with Crippen molar-refractivity contribution in [1.82, 2.24) is 19.9 Å². The average Bonchev–Trinajstić information content (AvgIpc) is 3.32. The quantitative estimate of drug-likeness (QED) is 0.635. The van der Waals surface area contributed by atoms with E-state index in [0.29, 0.717) is 29.4 Å². The van der Waals surface area contributed by atoms with Crippen LogP contribution in [0.1, 0.15) is 28.9 Å². The van der Waals surface area contributed by atoms with Gasteiger partial charge >= 0.3 is 0 Å². The summed E-state index contributed by atoms with van der Waals surface area (Å²) < 4.78 is 28.1. The van der Waals surface area contributed by atoms with E-state index in [0.717, 1.165) is 19.6 Å². The molecule has 8 heteroatoms. The lowest BCUT2D eigenvalue weighted by atomic mass is 10.1. The molecule has 0 bridgehead atoms. The van der Waals surface area contributed by atoms with Crippen molar-refractivity contribution in [3.05, 3.63) is 41.1 Å². The number of nitrogens with one attached hydrogen (secondary N) is 2. The van der Waals surface area contributed by atoms with Gasteiger partial charge in [-0.05, 0) is 51.1 Å². The van der Waals surface area contributed by atoms with Gasteiger partial charge in [-0.1, -0.05) is 0 Å². The highest BCUT2D eigenvalue weighted by Crippen LogP contribution is 2.29. The highest BCUT2D eigenvalue weighted by atomic mass is 19.1. The summed E-state index contributed by atoms with van der Waals surface area (Å²) in [5.74, 6) is -0.661. The van der Waals surface area contributed by atoms with Crippen molar-refractivity contribution >= 4 is 23.0 Å². The molecule has 1 fully saturated rings. The van der Waals surface area contributed by atoms with Crippen molar-refractivity contribution < 1.29 is 13.6 Å². The molecule has 0 amide bonds. The van der Waals surface area contributed by atoms with Crippen LogP contribution in [0.4, 0.5) is 14.6 Å². The Morgan fingerprint density at radius 3 is 2.79 bits per heavy atom. The SMILES string of the molecule is Cc1nc(-c2[nH]c3ccc(F)cc3c2C=O)nc(NCCN2CCCC2)c1F. The Kier molecular flexibility index (Phi) is 5.04. The molecule has 1 aliphatic rings. The smallest absolute Gasteiger partial charge is 0.186 e. The van der Waals surface area contributed by atoms with Crippen molar-refractivity contribution in [2.45, 2.75) is 19.8 Å². The molecular formula is C20H21F2N5O. The Balaban J connectivity index is 1.67. The lowest BCUT2D eigenvalue weighted by Crippen LogP contribution is -2.26. The van der Waals surface area contributed by atoms with E-state index in [9.17, 15) is 13.6 Å². The minimum Gasteiger partial charge on any atom is -0.366 e. The van der Waals surface area contributed by atoms with Gasteiger partial charge in [0.15, 0.2) is 23.7 Å². The van der Waals surface area contributed by atoms with Crippen molar-refractivity contribution in [1.29, 1.82) is 0 Å². The number of aryl methyl sites for hydroxylation is 1. The van der Waals surface area contributed by atoms with E-state index in [4.69, 9.17) is 0 Å². The second-order valence-electron chi connectivity index (χ2n) is 6.99. The standard InChI is InChI=1S/C20H21F2N5O/c1-12-17(22)19(23-6-9-27-7-2-3-8-27)26-20(24-12)18-15(11-28)14-10-13(21)4-5-16(14)25-18/h4-5,10-11,25H,2-3,6-9H2,1H3,(H,23,24,26). The third-order valence-corrected chi connectivity index (χ3v) is 5.08. The van der Waals surface area contributed by atoms with Crippen LogP contribution in [0.2, 0.25) is 0 Å². The van der Waals surface area contributed by atoms with Crippen LogP contribution >= 0.6 is 0 Å². The van der Waals surface area contributed by atoms with Crippen molar-refractivity contribution in [2.24, 2.45) is 0 Å². The molecule has 1 saturated heterocycles. The number of halogens is 2. The topological polar surface area (TPSA) is 73.9 Å². The molecule has 0 aliphatic carbocycles. The van der Waals surface area contributed by atoms with Gasteiger partial charge in [-0.2, -0.15) is 0 Å². The second kappa shape index (κ2) is 7.63. The van der Waals surface area contributed by atoms with E-state index >= 15 is 0 Å². The summed E-state index contributed by atoms with van der Waals surface area (Å²) in [4.78, 5) is 25.5. The normalized spacial score (nSPS) is 14.7. The Hall–Kier alpha value is -2.87. The molecule has 1 aromatic carbocycles. The molecule has 3 heterocycles. The molecule has 1 aliphatic heterocycles. The maximum absolute atomic E-state index is 14.5. The number of benzene rings is 1. The first-order valence-corrected chi connectivity index (χ1v) is 9.34. The minimum absolute atomic E-state index is 0.100. The Morgan fingerprint density at radius 2 is 2.04 bits per heavy atom. The summed E-state index contributed by atoms with van der Waals surface area (Å²) in [7, 11) is 0. The highest BCUT2D eigenvalue weighted by molar-refractivity contribution is 6.03. The van der Waals surface area contributed by atoms with Gasteiger partial charge in [0.2, 0.25) is 0 Å². The van der Waals surface area contributed by atoms with Crippen LogP contribution in [-0.2, 0) is 0 Å². The molecule has 3 aromatic rings. The number of aromatic amines is 1. The van der Waals surface area contributed by atoms with E-state index in [2.05, 4.69) is 25.2 Å². The second-order valence-corrected chi connectivity index (χ2v) is 6.99. The molecule has 0 spiro atoms. The van der Waals surface area contributed by atoms with E-state index in [1.807, 2.05) is 0 Å². The maximum atomic E-state index is 14.5. The molecular weight excluding hydrogens is 364 g/mol. The molecule has 6 nitrogen and oxygen atoms in total. The van der Waals surface area contributed by atoms with Gasteiger partial charge in [0.05, 0.1) is 17.0 Å². The zero-order valence-corrected chi connectivity index (χ0v) is 15.6. The Labute approximate surface area is 161 Å².